The molecule has 27 heavy (non-hydrogen) atoms. The molecule has 0 unspecified atom stereocenters. The fourth-order valence-electron chi connectivity index (χ4n) is 2.61. The number of rotatable bonds is 7. The van der Waals surface area contributed by atoms with Crippen molar-refractivity contribution in [3.05, 3.63) is 58.9 Å². The van der Waals surface area contributed by atoms with Gasteiger partial charge in [0.2, 0.25) is 0 Å². The minimum Gasteiger partial charge on any atom is -0.489 e. The van der Waals surface area contributed by atoms with E-state index in [1.54, 1.807) is 13.0 Å². The van der Waals surface area contributed by atoms with E-state index in [0.29, 0.717) is 22.9 Å². The van der Waals surface area contributed by atoms with E-state index in [0.717, 1.165) is 18.7 Å². The first-order valence-corrected chi connectivity index (χ1v) is 8.67. The molecule has 0 saturated carbocycles. The third-order valence-electron chi connectivity index (χ3n) is 4.05. The van der Waals surface area contributed by atoms with Gasteiger partial charge in [-0.15, -0.1) is 0 Å². The van der Waals surface area contributed by atoms with Gasteiger partial charge in [-0.1, -0.05) is 12.1 Å². The smallest absolute Gasteiger partial charge is 0.279 e. The van der Waals surface area contributed by atoms with Crippen molar-refractivity contribution in [3.63, 3.8) is 0 Å². The Kier molecular flexibility index (Phi) is 5.54. The minimum absolute atomic E-state index is 0.0764. The van der Waals surface area contributed by atoms with Crippen molar-refractivity contribution in [2.24, 2.45) is 0 Å². The van der Waals surface area contributed by atoms with Gasteiger partial charge in [0.05, 0.1) is 5.56 Å². The molecule has 0 bridgehead atoms. The highest BCUT2D eigenvalue weighted by atomic mass is 19.1. The van der Waals surface area contributed by atoms with Crippen LogP contribution in [0.2, 0.25) is 0 Å². The third kappa shape index (κ3) is 4.33. The summed E-state index contributed by atoms with van der Waals surface area (Å²) >= 11 is 0. The molecule has 0 fully saturated rings. The Balaban J connectivity index is 1.72. The highest BCUT2D eigenvalue weighted by Gasteiger charge is 2.21. The number of carbonyl (C=O) groups excluding carboxylic acids is 1. The van der Waals surface area contributed by atoms with Crippen LogP contribution >= 0.6 is 0 Å². The van der Waals surface area contributed by atoms with Crippen molar-refractivity contribution in [1.29, 1.82) is 0 Å². The minimum atomic E-state index is -0.425. The maximum Gasteiger partial charge on any atom is 0.279 e. The van der Waals surface area contributed by atoms with Gasteiger partial charge >= 0.3 is 0 Å². The van der Waals surface area contributed by atoms with Gasteiger partial charge in [-0.3, -0.25) is 9.48 Å². The third-order valence-corrected chi connectivity index (χ3v) is 4.05. The normalized spacial score (nSPS) is 10.8. The zero-order valence-corrected chi connectivity index (χ0v) is 15.5. The number of ether oxygens (including phenoxy) is 1. The number of halogens is 1. The van der Waals surface area contributed by atoms with Gasteiger partial charge in [0.15, 0.2) is 11.5 Å². The highest BCUT2D eigenvalue weighted by Crippen LogP contribution is 2.19. The Morgan fingerprint density at radius 3 is 2.74 bits per heavy atom. The van der Waals surface area contributed by atoms with Crippen LogP contribution in [0.15, 0.2) is 34.9 Å². The summed E-state index contributed by atoms with van der Waals surface area (Å²) in [6, 6.07) is 7.44. The van der Waals surface area contributed by atoms with Crippen molar-refractivity contribution in [1.82, 2.24) is 14.9 Å². The first-order valence-electron chi connectivity index (χ1n) is 8.67. The summed E-state index contributed by atoms with van der Waals surface area (Å²) in [6.07, 6.45) is 0.948. The van der Waals surface area contributed by atoms with Crippen LogP contribution < -0.4 is 10.1 Å². The number of nitrogens with one attached hydrogen (secondary N) is 1. The lowest BCUT2D eigenvalue weighted by Gasteiger charge is -2.06. The van der Waals surface area contributed by atoms with E-state index in [-0.39, 0.29) is 18.1 Å². The van der Waals surface area contributed by atoms with Gasteiger partial charge in [-0.05, 0) is 44.5 Å². The van der Waals surface area contributed by atoms with Crippen LogP contribution in [0.25, 0.3) is 0 Å². The molecule has 3 rings (SSSR count). The summed E-state index contributed by atoms with van der Waals surface area (Å²) in [7, 11) is 0. The van der Waals surface area contributed by atoms with Crippen LogP contribution in [-0.4, -0.2) is 20.8 Å². The maximum atomic E-state index is 13.0. The molecule has 2 heterocycles. The summed E-state index contributed by atoms with van der Waals surface area (Å²) in [5.41, 5.74) is 1.63. The van der Waals surface area contributed by atoms with E-state index in [1.807, 2.05) is 11.6 Å². The lowest BCUT2D eigenvalue weighted by Crippen LogP contribution is -2.16. The van der Waals surface area contributed by atoms with Crippen LogP contribution in [0.1, 0.15) is 40.9 Å². The number of aryl methyl sites for hydroxylation is 3. The maximum absolute atomic E-state index is 13.0. The molecule has 8 heteroatoms. The van der Waals surface area contributed by atoms with E-state index in [9.17, 15) is 9.18 Å². The van der Waals surface area contributed by atoms with Gasteiger partial charge in [-0.25, -0.2) is 4.39 Å². The first-order chi connectivity index (χ1) is 13.0. The molecule has 1 amide bonds. The van der Waals surface area contributed by atoms with Crippen molar-refractivity contribution in [3.8, 4) is 5.75 Å². The molecule has 0 aliphatic rings. The van der Waals surface area contributed by atoms with Crippen LogP contribution in [0.3, 0.4) is 0 Å². The topological polar surface area (TPSA) is 82.2 Å². The van der Waals surface area contributed by atoms with Crippen molar-refractivity contribution in [2.45, 2.75) is 40.3 Å². The first kappa shape index (κ1) is 18.6. The zero-order valence-electron chi connectivity index (χ0n) is 15.5. The fraction of sp³-hybridized carbons (Fsp3) is 0.316. The molecule has 0 aliphatic heterocycles. The van der Waals surface area contributed by atoms with Crippen LogP contribution in [0.5, 0.6) is 5.75 Å². The lowest BCUT2D eigenvalue weighted by atomic mass is 10.2. The average Bonchev–Trinajstić information content (AvgIpc) is 3.17. The summed E-state index contributed by atoms with van der Waals surface area (Å²) in [6.45, 7) is 6.55. The number of nitrogens with zero attached hydrogens (tertiary/aromatic N) is 3. The number of anilines is 1. The van der Waals surface area contributed by atoms with Crippen molar-refractivity contribution >= 4 is 11.7 Å². The second kappa shape index (κ2) is 8.03. The van der Waals surface area contributed by atoms with E-state index >= 15 is 0 Å². The van der Waals surface area contributed by atoms with E-state index < -0.39 is 5.91 Å². The molecule has 7 nitrogen and oxygen atoms in total. The SMILES string of the molecule is CCCn1nc(NC(=O)c2noc(C)c2COc2ccc(F)cc2)cc1C. The quantitative estimate of drug-likeness (QED) is 0.681. The Bertz CT molecular complexity index is 931. The Morgan fingerprint density at radius 2 is 2.04 bits per heavy atom. The van der Waals surface area contributed by atoms with Crippen molar-refractivity contribution < 1.29 is 18.4 Å². The van der Waals surface area contributed by atoms with Gasteiger partial charge < -0.3 is 14.6 Å². The molecule has 3 aromatic rings. The number of carbonyl (C=O) groups is 1. The summed E-state index contributed by atoms with van der Waals surface area (Å²) in [4.78, 5) is 12.6. The van der Waals surface area contributed by atoms with Crippen LogP contribution in [0, 0.1) is 19.7 Å². The lowest BCUT2D eigenvalue weighted by molar-refractivity contribution is 0.101. The molecule has 0 saturated heterocycles. The molecular formula is C19H21FN4O3. The molecule has 0 spiro atoms. The Hall–Kier alpha value is -3.16. The zero-order chi connectivity index (χ0) is 19.4. The van der Waals surface area contributed by atoms with Gasteiger partial charge in [0, 0.05) is 18.3 Å². The summed E-state index contributed by atoms with van der Waals surface area (Å²) < 4.78 is 25.6. The number of hydrogen-bond acceptors (Lipinski definition) is 5. The van der Waals surface area contributed by atoms with E-state index in [4.69, 9.17) is 9.26 Å². The molecule has 0 atom stereocenters. The highest BCUT2D eigenvalue weighted by molar-refractivity contribution is 6.03. The molecule has 142 valence electrons. The number of hydrogen-bond donors (Lipinski definition) is 1. The average molecular weight is 372 g/mol. The Morgan fingerprint density at radius 1 is 1.30 bits per heavy atom. The largest absolute Gasteiger partial charge is 0.489 e. The number of aromatic nitrogens is 3. The molecule has 0 radical (unpaired) electrons. The second-order valence-electron chi connectivity index (χ2n) is 6.16. The Labute approximate surface area is 156 Å². The monoisotopic (exact) mass is 372 g/mol. The molecule has 1 N–H and O–H groups in total. The molecule has 1 aromatic carbocycles. The van der Waals surface area contributed by atoms with Crippen molar-refractivity contribution in [2.75, 3.05) is 5.32 Å². The standard InChI is InChI=1S/C19H21FN4O3/c1-4-9-24-12(2)10-17(22-24)21-19(25)18-16(13(3)27-23-18)11-26-15-7-5-14(20)6-8-15/h5-8,10H,4,9,11H2,1-3H3,(H,21,22,25). The molecule has 0 aliphatic carbocycles. The number of amides is 1. The van der Waals surface area contributed by atoms with E-state index in [1.165, 1.54) is 24.3 Å². The van der Waals surface area contributed by atoms with E-state index in [2.05, 4.69) is 22.5 Å². The fourth-order valence-corrected chi connectivity index (χ4v) is 2.61. The van der Waals surface area contributed by atoms with Gasteiger partial charge in [0.1, 0.15) is 23.9 Å². The summed E-state index contributed by atoms with van der Waals surface area (Å²) in [5, 5.41) is 10.9. The van der Waals surface area contributed by atoms with Crippen LogP contribution in [0.4, 0.5) is 10.2 Å². The molecule has 2 aromatic heterocycles. The molecular weight excluding hydrogens is 351 g/mol. The number of benzene rings is 1. The predicted octanol–water partition coefficient (Wildman–Crippen LogP) is 3.87. The second-order valence-corrected chi connectivity index (χ2v) is 6.16. The van der Waals surface area contributed by atoms with Gasteiger partial charge in [0.25, 0.3) is 5.91 Å². The predicted molar refractivity (Wildman–Crippen MR) is 97.2 cm³/mol. The van der Waals surface area contributed by atoms with Gasteiger partial charge in [-0.2, -0.15) is 5.10 Å². The summed E-state index contributed by atoms with van der Waals surface area (Å²) in [5.74, 6) is 0.649. The van der Waals surface area contributed by atoms with Crippen LogP contribution in [-0.2, 0) is 13.2 Å².